The number of nitrogens with zero attached hydrogens (tertiary/aromatic N) is 1. The highest BCUT2D eigenvalue weighted by Crippen LogP contribution is 2.19. The number of hydrogen-bond donors (Lipinski definition) is 0. The normalized spacial score (nSPS) is 10.2. The van der Waals surface area contributed by atoms with Crippen molar-refractivity contribution in [2.24, 2.45) is 0 Å². The van der Waals surface area contributed by atoms with Crippen LogP contribution in [0.25, 0.3) is 0 Å². The van der Waals surface area contributed by atoms with E-state index in [1.54, 1.807) is 36.7 Å². The molecule has 2 nitrogen and oxygen atoms in total. The van der Waals surface area contributed by atoms with Gasteiger partial charge >= 0.3 is 0 Å². The minimum absolute atomic E-state index is 0.0781. The Bertz CT molecular complexity index is 516. The van der Waals surface area contributed by atoms with Crippen LogP contribution in [0.5, 0.6) is 0 Å². The van der Waals surface area contributed by atoms with E-state index in [1.165, 1.54) is 11.8 Å². The Morgan fingerprint density at radius 2 is 2.00 bits per heavy atom. The SMILES string of the molecule is O=C(CSc1ccncc1)c1cccc(Cl)c1. The van der Waals surface area contributed by atoms with E-state index in [-0.39, 0.29) is 5.78 Å². The van der Waals surface area contributed by atoms with Gasteiger partial charge in [0.15, 0.2) is 5.78 Å². The van der Waals surface area contributed by atoms with E-state index in [0.717, 1.165) is 4.90 Å². The number of carbonyl (C=O) groups excluding carboxylic acids is 1. The molecule has 0 bridgehead atoms. The Balaban J connectivity index is 1.98. The van der Waals surface area contributed by atoms with Gasteiger partial charge in [-0.25, -0.2) is 0 Å². The van der Waals surface area contributed by atoms with E-state index in [2.05, 4.69) is 4.98 Å². The summed E-state index contributed by atoms with van der Waals surface area (Å²) in [7, 11) is 0. The second kappa shape index (κ2) is 5.84. The maximum Gasteiger partial charge on any atom is 0.173 e. The van der Waals surface area contributed by atoms with Gasteiger partial charge in [-0.1, -0.05) is 23.7 Å². The van der Waals surface area contributed by atoms with Crippen LogP contribution in [0, 0.1) is 0 Å². The molecule has 4 heteroatoms. The first-order valence-corrected chi connectivity index (χ1v) is 6.43. The molecule has 0 aliphatic heterocycles. The van der Waals surface area contributed by atoms with E-state index < -0.39 is 0 Å². The molecule has 0 unspecified atom stereocenters. The lowest BCUT2D eigenvalue weighted by atomic mass is 10.1. The summed E-state index contributed by atoms with van der Waals surface area (Å²) in [5.74, 6) is 0.485. The summed E-state index contributed by atoms with van der Waals surface area (Å²) in [4.78, 5) is 16.8. The third-order valence-corrected chi connectivity index (χ3v) is 3.41. The standard InChI is InChI=1S/C13H10ClNOS/c14-11-3-1-2-10(8-11)13(16)9-17-12-4-6-15-7-5-12/h1-8H,9H2. The fourth-order valence-corrected chi connectivity index (χ4v) is 2.30. The van der Waals surface area contributed by atoms with E-state index in [4.69, 9.17) is 11.6 Å². The molecule has 17 heavy (non-hydrogen) atoms. The zero-order valence-corrected chi connectivity index (χ0v) is 10.5. The number of benzene rings is 1. The lowest BCUT2D eigenvalue weighted by Gasteiger charge is -2.01. The molecule has 0 aliphatic rings. The van der Waals surface area contributed by atoms with Crippen molar-refractivity contribution in [2.75, 3.05) is 5.75 Å². The van der Waals surface area contributed by atoms with Crippen molar-refractivity contribution in [3.05, 3.63) is 59.4 Å². The van der Waals surface area contributed by atoms with Gasteiger partial charge in [-0.3, -0.25) is 9.78 Å². The van der Waals surface area contributed by atoms with Gasteiger partial charge in [-0.15, -0.1) is 11.8 Å². The van der Waals surface area contributed by atoms with Gasteiger partial charge in [0.1, 0.15) is 0 Å². The quantitative estimate of drug-likeness (QED) is 0.622. The number of pyridine rings is 1. The third-order valence-electron chi connectivity index (χ3n) is 2.17. The number of carbonyl (C=O) groups is 1. The van der Waals surface area contributed by atoms with Crippen LogP contribution in [0.4, 0.5) is 0 Å². The first-order chi connectivity index (χ1) is 8.25. The first kappa shape index (κ1) is 12.1. The highest BCUT2D eigenvalue weighted by atomic mass is 35.5. The topological polar surface area (TPSA) is 30.0 Å². The van der Waals surface area contributed by atoms with E-state index >= 15 is 0 Å². The average molecular weight is 264 g/mol. The van der Waals surface area contributed by atoms with Crippen molar-refractivity contribution in [1.29, 1.82) is 0 Å². The van der Waals surface area contributed by atoms with Crippen molar-refractivity contribution in [2.45, 2.75) is 4.90 Å². The number of hydrogen-bond acceptors (Lipinski definition) is 3. The Hall–Kier alpha value is -1.32. The number of thioether (sulfide) groups is 1. The van der Waals surface area contributed by atoms with Crippen LogP contribution < -0.4 is 0 Å². The molecule has 0 aliphatic carbocycles. The summed E-state index contributed by atoms with van der Waals surface area (Å²) in [5.41, 5.74) is 0.652. The fourth-order valence-electron chi connectivity index (χ4n) is 1.33. The summed E-state index contributed by atoms with van der Waals surface area (Å²) >= 11 is 7.34. The average Bonchev–Trinajstić information content (AvgIpc) is 2.37. The van der Waals surface area contributed by atoms with Crippen LogP contribution in [0.3, 0.4) is 0 Å². The third kappa shape index (κ3) is 3.58. The number of ketones is 1. The van der Waals surface area contributed by atoms with Crippen LogP contribution >= 0.6 is 23.4 Å². The molecule has 1 heterocycles. The molecule has 2 rings (SSSR count). The maximum absolute atomic E-state index is 11.9. The van der Waals surface area contributed by atoms with Gasteiger partial charge in [0.05, 0.1) is 5.75 Å². The molecular weight excluding hydrogens is 254 g/mol. The zero-order chi connectivity index (χ0) is 12.1. The molecule has 1 aromatic carbocycles. The lowest BCUT2D eigenvalue weighted by molar-refractivity contribution is 0.102. The number of rotatable bonds is 4. The van der Waals surface area contributed by atoms with Crippen molar-refractivity contribution in [1.82, 2.24) is 4.98 Å². The predicted molar refractivity (Wildman–Crippen MR) is 70.7 cm³/mol. The molecule has 0 radical (unpaired) electrons. The summed E-state index contributed by atoms with van der Waals surface area (Å²) in [6.45, 7) is 0. The molecule has 0 amide bonds. The van der Waals surface area contributed by atoms with Gasteiger partial charge in [0.2, 0.25) is 0 Å². The number of Topliss-reactive ketones (excluding diaryl/α,β-unsaturated/α-hetero) is 1. The minimum atomic E-state index is 0.0781. The van der Waals surface area contributed by atoms with Crippen molar-refractivity contribution >= 4 is 29.1 Å². The second-order valence-corrected chi connectivity index (χ2v) is 4.89. The van der Waals surface area contributed by atoms with Crippen molar-refractivity contribution in [3.63, 3.8) is 0 Å². The van der Waals surface area contributed by atoms with Gasteiger partial charge < -0.3 is 0 Å². The van der Waals surface area contributed by atoms with Crippen LogP contribution in [0.1, 0.15) is 10.4 Å². The van der Waals surface area contributed by atoms with E-state index in [0.29, 0.717) is 16.3 Å². The molecule has 86 valence electrons. The lowest BCUT2D eigenvalue weighted by Crippen LogP contribution is -2.01. The zero-order valence-electron chi connectivity index (χ0n) is 8.97. The van der Waals surface area contributed by atoms with Crippen molar-refractivity contribution < 1.29 is 4.79 Å². The molecule has 2 aromatic rings. The Labute approximate surface area is 109 Å². The van der Waals surface area contributed by atoms with Gasteiger partial charge in [-0.05, 0) is 24.3 Å². The Kier molecular flexibility index (Phi) is 4.18. The summed E-state index contributed by atoms with van der Waals surface area (Å²) in [6.07, 6.45) is 3.43. The molecule has 0 spiro atoms. The maximum atomic E-state index is 11.9. The summed E-state index contributed by atoms with van der Waals surface area (Å²) in [5, 5.41) is 0.588. The molecule has 0 atom stereocenters. The van der Waals surface area contributed by atoms with Crippen LogP contribution in [0.2, 0.25) is 5.02 Å². The Morgan fingerprint density at radius 1 is 1.24 bits per heavy atom. The van der Waals surface area contributed by atoms with Gasteiger partial charge in [0.25, 0.3) is 0 Å². The first-order valence-electron chi connectivity index (χ1n) is 5.07. The second-order valence-electron chi connectivity index (χ2n) is 3.41. The monoisotopic (exact) mass is 263 g/mol. The van der Waals surface area contributed by atoms with Gasteiger partial charge in [0, 0.05) is 27.9 Å². The fraction of sp³-hybridized carbons (Fsp3) is 0.0769. The smallest absolute Gasteiger partial charge is 0.173 e. The van der Waals surface area contributed by atoms with Gasteiger partial charge in [-0.2, -0.15) is 0 Å². The predicted octanol–water partition coefficient (Wildman–Crippen LogP) is 3.71. The van der Waals surface area contributed by atoms with E-state index in [1.807, 2.05) is 12.1 Å². The van der Waals surface area contributed by atoms with Crippen LogP contribution in [-0.4, -0.2) is 16.5 Å². The largest absolute Gasteiger partial charge is 0.293 e. The minimum Gasteiger partial charge on any atom is -0.293 e. The number of aromatic nitrogens is 1. The molecule has 0 saturated carbocycles. The Morgan fingerprint density at radius 3 is 2.71 bits per heavy atom. The van der Waals surface area contributed by atoms with Crippen LogP contribution in [-0.2, 0) is 0 Å². The molecule has 0 N–H and O–H groups in total. The highest BCUT2D eigenvalue weighted by Gasteiger charge is 2.06. The molecule has 0 saturated heterocycles. The molecular formula is C13H10ClNOS. The molecule has 0 fully saturated rings. The van der Waals surface area contributed by atoms with Crippen molar-refractivity contribution in [3.8, 4) is 0 Å². The van der Waals surface area contributed by atoms with E-state index in [9.17, 15) is 4.79 Å². The van der Waals surface area contributed by atoms with Crippen LogP contribution in [0.15, 0.2) is 53.7 Å². The summed E-state index contributed by atoms with van der Waals surface area (Å²) in [6, 6.07) is 10.8. The summed E-state index contributed by atoms with van der Waals surface area (Å²) < 4.78 is 0. The number of halogens is 1. The molecule has 1 aromatic heterocycles. The highest BCUT2D eigenvalue weighted by molar-refractivity contribution is 8.00.